The van der Waals surface area contributed by atoms with Gasteiger partial charge in [-0.3, -0.25) is 24.6 Å². The van der Waals surface area contributed by atoms with E-state index in [-0.39, 0.29) is 44.4 Å². The van der Waals surface area contributed by atoms with Crippen molar-refractivity contribution in [3.63, 3.8) is 0 Å². The van der Waals surface area contributed by atoms with Gasteiger partial charge in [-0.25, -0.2) is 19.8 Å². The highest BCUT2D eigenvalue weighted by atomic mass is 16.4. The van der Waals surface area contributed by atoms with Crippen LogP contribution >= 0.6 is 0 Å². The predicted octanol–water partition coefficient (Wildman–Crippen LogP) is -0.984. The van der Waals surface area contributed by atoms with Crippen molar-refractivity contribution in [3.05, 3.63) is 35.4 Å². The molecule has 0 saturated carbocycles. The lowest BCUT2D eigenvalue weighted by Gasteiger charge is -2.42. The third-order valence-corrected chi connectivity index (χ3v) is 5.49. The lowest BCUT2D eigenvalue weighted by atomic mass is 10.1. The highest BCUT2D eigenvalue weighted by Gasteiger charge is 2.44. The summed E-state index contributed by atoms with van der Waals surface area (Å²) in [4.78, 5) is 73.6. The van der Waals surface area contributed by atoms with E-state index in [1.807, 2.05) is 0 Å². The summed E-state index contributed by atoms with van der Waals surface area (Å²) in [6.07, 6.45) is 0.134. The van der Waals surface area contributed by atoms with Gasteiger partial charge in [0.25, 0.3) is 5.91 Å². The van der Waals surface area contributed by atoms with Crippen LogP contribution in [0.2, 0.25) is 0 Å². The second kappa shape index (κ2) is 10.7. The molecule has 1 aromatic carbocycles. The minimum Gasteiger partial charge on any atom is -0.481 e. The Morgan fingerprint density at radius 3 is 2.47 bits per heavy atom. The molecule has 4 N–H and O–H groups in total. The number of carboxylic acid groups (broad SMARTS) is 1. The molecule has 2 heterocycles. The van der Waals surface area contributed by atoms with E-state index in [2.05, 4.69) is 10.7 Å². The highest BCUT2D eigenvalue weighted by Crippen LogP contribution is 2.24. The van der Waals surface area contributed by atoms with Crippen molar-refractivity contribution in [3.8, 4) is 0 Å². The molecule has 0 aliphatic carbocycles. The monoisotopic (exact) mass is 475 g/mol. The van der Waals surface area contributed by atoms with E-state index in [4.69, 9.17) is 10.2 Å². The average Bonchev–Trinajstić information content (AvgIpc) is 2.95. The van der Waals surface area contributed by atoms with Crippen molar-refractivity contribution < 1.29 is 39.0 Å². The normalized spacial score (nSPS) is 19.1. The fourth-order valence-corrected chi connectivity index (χ4v) is 3.76. The maximum atomic E-state index is 13.3. The van der Waals surface area contributed by atoms with Crippen molar-refractivity contribution >= 4 is 36.0 Å². The summed E-state index contributed by atoms with van der Waals surface area (Å²) in [6.45, 7) is -0.138. The topological polar surface area (TPSA) is 177 Å². The standard InChI is InChI=1S/C21H25N5O8/c27-11-13-3-5-14(6-4-13)19(32)23-24-9-7-17(29)25-8-1-2-16(26(25)21(24)34)20(33)22-15(12-28)10-18(30)31/h3-6,12,15-16,27H,1-2,7-11H2,(H,22,33)(H,23,32)(H,30,31)/t15-,16-/m0/s1. The molecule has 5 amide bonds. The number of hydrogen-bond donors (Lipinski definition) is 4. The van der Waals surface area contributed by atoms with Crippen molar-refractivity contribution in [2.45, 2.75) is 44.4 Å². The number of carbonyl (C=O) groups is 6. The van der Waals surface area contributed by atoms with Gasteiger partial charge < -0.3 is 20.3 Å². The lowest BCUT2D eigenvalue weighted by molar-refractivity contribution is -0.155. The summed E-state index contributed by atoms with van der Waals surface area (Å²) in [6, 6.07) is 2.76. The summed E-state index contributed by atoms with van der Waals surface area (Å²) in [5.74, 6) is -3.12. The summed E-state index contributed by atoms with van der Waals surface area (Å²) in [5.41, 5.74) is 3.26. The summed E-state index contributed by atoms with van der Waals surface area (Å²) in [5, 5.41) is 23.4. The Balaban J connectivity index is 1.79. The number of benzene rings is 1. The Labute approximate surface area is 194 Å². The Morgan fingerprint density at radius 1 is 1.15 bits per heavy atom. The molecule has 2 aliphatic heterocycles. The summed E-state index contributed by atoms with van der Waals surface area (Å²) < 4.78 is 0. The molecule has 34 heavy (non-hydrogen) atoms. The molecule has 2 fully saturated rings. The number of urea groups is 1. The van der Waals surface area contributed by atoms with Crippen LogP contribution in [0.5, 0.6) is 0 Å². The van der Waals surface area contributed by atoms with E-state index in [1.54, 1.807) is 12.1 Å². The second-order valence-electron chi connectivity index (χ2n) is 7.85. The van der Waals surface area contributed by atoms with Crippen LogP contribution in [0.4, 0.5) is 4.79 Å². The molecule has 13 nitrogen and oxygen atoms in total. The predicted molar refractivity (Wildman–Crippen MR) is 113 cm³/mol. The van der Waals surface area contributed by atoms with Crippen LogP contribution in [0.25, 0.3) is 0 Å². The quantitative estimate of drug-likeness (QED) is 0.347. The van der Waals surface area contributed by atoms with E-state index >= 15 is 0 Å². The first-order valence-corrected chi connectivity index (χ1v) is 10.6. The molecular formula is C21H25N5O8. The molecule has 0 radical (unpaired) electrons. The number of amides is 5. The van der Waals surface area contributed by atoms with Crippen molar-refractivity contribution in [1.82, 2.24) is 25.8 Å². The number of hydrazine groups is 2. The maximum absolute atomic E-state index is 13.3. The third kappa shape index (κ3) is 5.49. The molecule has 0 spiro atoms. The third-order valence-electron chi connectivity index (χ3n) is 5.49. The lowest BCUT2D eigenvalue weighted by Crippen LogP contribution is -2.64. The van der Waals surface area contributed by atoms with Gasteiger partial charge in [0, 0.05) is 18.5 Å². The molecular weight excluding hydrogens is 450 g/mol. The van der Waals surface area contributed by atoms with Crippen molar-refractivity contribution in [1.29, 1.82) is 0 Å². The first-order valence-electron chi connectivity index (χ1n) is 10.6. The number of carboxylic acids is 1. The number of rotatable bonds is 8. The van der Waals surface area contributed by atoms with Crippen LogP contribution in [-0.4, -0.2) is 86.4 Å². The fraction of sp³-hybridized carbons (Fsp3) is 0.429. The second-order valence-corrected chi connectivity index (χ2v) is 7.85. The van der Waals surface area contributed by atoms with Gasteiger partial charge >= 0.3 is 12.0 Å². The number of aliphatic hydroxyl groups excluding tert-OH is 1. The van der Waals surface area contributed by atoms with Gasteiger partial charge in [-0.2, -0.15) is 0 Å². The van der Waals surface area contributed by atoms with Crippen molar-refractivity contribution in [2.75, 3.05) is 13.1 Å². The number of nitrogens with zero attached hydrogens (tertiary/aromatic N) is 3. The largest absolute Gasteiger partial charge is 0.481 e. The smallest absolute Gasteiger partial charge is 0.358 e. The summed E-state index contributed by atoms with van der Waals surface area (Å²) >= 11 is 0. The molecule has 0 unspecified atom stereocenters. The Hall–Kier alpha value is -4.00. The number of aliphatic hydroxyl groups is 1. The fourth-order valence-electron chi connectivity index (χ4n) is 3.76. The Kier molecular flexibility index (Phi) is 7.79. The molecule has 0 aromatic heterocycles. The van der Waals surface area contributed by atoms with E-state index in [0.29, 0.717) is 12.0 Å². The molecule has 2 atom stereocenters. The molecule has 0 bridgehead atoms. The van der Waals surface area contributed by atoms with Crippen LogP contribution in [0.15, 0.2) is 24.3 Å². The van der Waals surface area contributed by atoms with E-state index in [9.17, 15) is 28.8 Å². The maximum Gasteiger partial charge on any atom is 0.358 e. The van der Waals surface area contributed by atoms with Gasteiger partial charge in [0.2, 0.25) is 11.8 Å². The number of nitrogens with one attached hydrogen (secondary N) is 2. The first kappa shape index (κ1) is 24.6. The van der Waals surface area contributed by atoms with Gasteiger partial charge in [-0.1, -0.05) is 12.1 Å². The van der Waals surface area contributed by atoms with Gasteiger partial charge in [0.15, 0.2) is 0 Å². The van der Waals surface area contributed by atoms with E-state index in [0.717, 1.165) is 15.0 Å². The average molecular weight is 475 g/mol. The van der Waals surface area contributed by atoms with Crippen molar-refractivity contribution in [2.24, 2.45) is 0 Å². The Morgan fingerprint density at radius 2 is 1.85 bits per heavy atom. The molecule has 182 valence electrons. The van der Waals surface area contributed by atoms with Crippen LogP contribution in [-0.2, 0) is 25.8 Å². The van der Waals surface area contributed by atoms with Crippen LogP contribution in [0.3, 0.4) is 0 Å². The van der Waals surface area contributed by atoms with E-state index < -0.39 is 48.2 Å². The van der Waals surface area contributed by atoms with Crippen LogP contribution in [0, 0.1) is 0 Å². The van der Waals surface area contributed by atoms with Crippen LogP contribution < -0.4 is 10.7 Å². The SMILES string of the molecule is O=C[C@H](CC(=O)O)NC(=O)[C@@H]1CCCN2C(=O)CCN(NC(=O)c3ccc(CO)cc3)C(=O)N12. The number of carbonyl (C=O) groups excluding carboxylic acids is 5. The molecule has 1 aromatic rings. The zero-order valence-corrected chi connectivity index (χ0v) is 18.2. The highest BCUT2D eigenvalue weighted by molar-refractivity contribution is 5.97. The van der Waals surface area contributed by atoms with Gasteiger partial charge in [-0.05, 0) is 30.5 Å². The Bertz CT molecular complexity index is 982. The zero-order valence-electron chi connectivity index (χ0n) is 18.2. The van der Waals surface area contributed by atoms with Crippen LogP contribution in [0.1, 0.15) is 41.6 Å². The number of aldehydes is 1. The number of fused-ring (bicyclic) bond motifs is 1. The van der Waals surface area contributed by atoms with Gasteiger partial charge in [0.05, 0.1) is 25.6 Å². The van der Waals surface area contributed by atoms with Gasteiger partial charge in [-0.15, -0.1) is 0 Å². The van der Waals surface area contributed by atoms with Gasteiger partial charge in [0.1, 0.15) is 12.3 Å². The summed E-state index contributed by atoms with van der Waals surface area (Å²) in [7, 11) is 0. The minimum absolute atomic E-state index is 0.101. The number of hydrogen-bond acceptors (Lipinski definition) is 7. The molecule has 2 saturated heterocycles. The number of aliphatic carboxylic acids is 1. The first-order chi connectivity index (χ1) is 16.2. The molecule has 2 aliphatic rings. The minimum atomic E-state index is -1.30. The molecule has 13 heteroatoms. The van der Waals surface area contributed by atoms with E-state index in [1.165, 1.54) is 12.1 Å². The molecule has 3 rings (SSSR count). The zero-order chi connectivity index (χ0) is 24.8.